The number of carboxylic acids is 1. The molecule has 0 aliphatic carbocycles. The number of rotatable bonds is 2. The van der Waals surface area contributed by atoms with Crippen LogP contribution in [0.1, 0.15) is 0 Å². The van der Waals surface area contributed by atoms with E-state index < -0.39 is 5.97 Å². The second kappa shape index (κ2) is 5.98. The lowest BCUT2D eigenvalue weighted by Gasteiger charge is -2.16. The lowest BCUT2D eigenvalue weighted by atomic mass is 10.4. The Morgan fingerprint density at radius 3 is 2.21 bits per heavy atom. The van der Waals surface area contributed by atoms with E-state index in [2.05, 4.69) is 0 Å². The third-order valence-corrected chi connectivity index (χ3v) is 4.02. The van der Waals surface area contributed by atoms with Gasteiger partial charge in [0.2, 0.25) is 5.91 Å². The zero-order valence-corrected chi connectivity index (χ0v) is 9.14. The summed E-state index contributed by atoms with van der Waals surface area (Å²) in [4.78, 5) is 23.3. The Morgan fingerprint density at radius 1 is 1.14 bits per heavy atom. The van der Waals surface area contributed by atoms with Gasteiger partial charge in [-0.1, -0.05) is 21.6 Å². The summed E-state index contributed by atoms with van der Waals surface area (Å²) < 4.78 is 0. The molecule has 0 aromatic carbocycles. The van der Waals surface area contributed by atoms with E-state index in [9.17, 15) is 9.59 Å². The summed E-state index contributed by atoms with van der Waals surface area (Å²) in [5.41, 5.74) is 0. The fourth-order valence-electron chi connectivity index (χ4n) is 0.993. The molecule has 0 bridgehead atoms. The van der Waals surface area contributed by atoms with Crippen molar-refractivity contribution in [1.82, 2.24) is 4.90 Å². The highest BCUT2D eigenvalue weighted by atomic mass is 33.1. The van der Waals surface area contributed by atoms with Gasteiger partial charge < -0.3 is 10.0 Å². The Labute approximate surface area is 90.1 Å². The van der Waals surface area contributed by atoms with Crippen LogP contribution in [0.2, 0.25) is 0 Å². The molecule has 0 radical (unpaired) electrons. The van der Waals surface area contributed by atoms with Gasteiger partial charge in [-0.15, -0.1) is 0 Å². The molecule has 78 valence electrons. The van der Waals surface area contributed by atoms with Gasteiger partial charge in [0.1, 0.15) is 0 Å². The molecule has 1 heterocycles. The minimum absolute atomic E-state index is 0.212. The number of carbonyl (C=O) groups excluding carboxylic acids is 1. The van der Waals surface area contributed by atoms with Gasteiger partial charge in [-0.25, -0.2) is 4.79 Å². The smallest absolute Gasteiger partial charge is 0.328 e. The second-order valence-corrected chi connectivity index (χ2v) is 5.34. The molecular formula is C8H11NO3S2. The van der Waals surface area contributed by atoms with Crippen LogP contribution in [0.25, 0.3) is 0 Å². The van der Waals surface area contributed by atoms with Crippen LogP contribution in [-0.4, -0.2) is 46.5 Å². The van der Waals surface area contributed by atoms with Gasteiger partial charge >= 0.3 is 5.97 Å². The molecule has 0 spiro atoms. The summed E-state index contributed by atoms with van der Waals surface area (Å²) in [6.45, 7) is 1.39. The molecule has 6 heteroatoms. The molecule has 0 aromatic heterocycles. The Kier molecular flexibility index (Phi) is 4.89. The molecule has 1 saturated heterocycles. The molecule has 0 saturated carbocycles. The van der Waals surface area contributed by atoms with Crippen molar-refractivity contribution in [3.05, 3.63) is 12.2 Å². The average Bonchev–Trinajstić information content (AvgIpc) is 2.42. The molecule has 1 aliphatic heterocycles. The maximum absolute atomic E-state index is 11.4. The summed E-state index contributed by atoms with van der Waals surface area (Å²) in [6, 6.07) is 0. The van der Waals surface area contributed by atoms with Crippen LogP contribution in [0.5, 0.6) is 0 Å². The highest BCUT2D eigenvalue weighted by Crippen LogP contribution is 2.23. The van der Waals surface area contributed by atoms with E-state index in [0.29, 0.717) is 13.1 Å². The molecule has 0 unspecified atom stereocenters. The van der Waals surface area contributed by atoms with Crippen molar-refractivity contribution in [2.24, 2.45) is 0 Å². The molecular weight excluding hydrogens is 222 g/mol. The van der Waals surface area contributed by atoms with E-state index in [0.717, 1.165) is 23.7 Å². The van der Waals surface area contributed by atoms with Gasteiger partial charge in [0.25, 0.3) is 0 Å². The zero-order chi connectivity index (χ0) is 10.4. The number of carbonyl (C=O) groups is 2. The Morgan fingerprint density at radius 2 is 1.71 bits per heavy atom. The number of nitrogens with zero attached hydrogens (tertiary/aromatic N) is 1. The standard InChI is InChI=1S/C8H11NO3S2/c10-7(1-2-8(11)12)9-3-5-13-14-6-4-9/h1-2H,3-6H2,(H,11,12)/b2-1+. The summed E-state index contributed by atoms with van der Waals surface area (Å²) in [5.74, 6) is 0.502. The van der Waals surface area contributed by atoms with Gasteiger partial charge in [0, 0.05) is 36.7 Å². The minimum atomic E-state index is -1.09. The molecule has 4 nitrogen and oxygen atoms in total. The van der Waals surface area contributed by atoms with Crippen molar-refractivity contribution in [3.63, 3.8) is 0 Å². The predicted octanol–water partition coefficient (Wildman–Crippen LogP) is 0.851. The Bertz CT molecular complexity index is 247. The summed E-state index contributed by atoms with van der Waals surface area (Å²) in [6.07, 6.45) is 2.00. The van der Waals surface area contributed by atoms with E-state index in [-0.39, 0.29) is 5.91 Å². The normalized spacial score (nSPS) is 18.1. The van der Waals surface area contributed by atoms with Crippen LogP contribution in [0.4, 0.5) is 0 Å². The van der Waals surface area contributed by atoms with E-state index in [1.54, 1.807) is 26.5 Å². The van der Waals surface area contributed by atoms with Gasteiger partial charge in [-0.05, 0) is 0 Å². The molecule has 1 amide bonds. The number of hydrogen-bond donors (Lipinski definition) is 1. The van der Waals surface area contributed by atoms with Crippen LogP contribution < -0.4 is 0 Å². The molecule has 1 aliphatic rings. The maximum Gasteiger partial charge on any atom is 0.328 e. The fraction of sp³-hybridized carbons (Fsp3) is 0.500. The zero-order valence-electron chi connectivity index (χ0n) is 7.51. The van der Waals surface area contributed by atoms with E-state index in [4.69, 9.17) is 5.11 Å². The first-order valence-electron chi connectivity index (χ1n) is 4.14. The Hall–Kier alpha value is -0.620. The average molecular weight is 233 g/mol. The van der Waals surface area contributed by atoms with Crippen LogP contribution in [0, 0.1) is 0 Å². The van der Waals surface area contributed by atoms with Gasteiger partial charge in [0.05, 0.1) is 0 Å². The van der Waals surface area contributed by atoms with E-state index >= 15 is 0 Å². The molecule has 0 aromatic rings. The Balaban J connectivity index is 2.45. The summed E-state index contributed by atoms with van der Waals surface area (Å²) >= 11 is 0. The van der Waals surface area contributed by atoms with Crippen LogP contribution in [-0.2, 0) is 9.59 Å². The van der Waals surface area contributed by atoms with Crippen molar-refractivity contribution >= 4 is 33.5 Å². The lowest BCUT2D eigenvalue weighted by molar-refractivity contribution is -0.132. The molecule has 0 atom stereocenters. The van der Waals surface area contributed by atoms with Crippen molar-refractivity contribution < 1.29 is 14.7 Å². The largest absolute Gasteiger partial charge is 0.478 e. The number of aliphatic carboxylic acids is 1. The molecule has 14 heavy (non-hydrogen) atoms. The van der Waals surface area contributed by atoms with Gasteiger partial charge in [-0.2, -0.15) is 0 Å². The third-order valence-electron chi connectivity index (χ3n) is 1.65. The third kappa shape index (κ3) is 4.06. The van der Waals surface area contributed by atoms with Crippen LogP contribution in [0.3, 0.4) is 0 Å². The quantitative estimate of drug-likeness (QED) is 0.566. The first-order valence-corrected chi connectivity index (χ1v) is 6.63. The number of carboxylic acid groups (broad SMARTS) is 1. The lowest BCUT2D eigenvalue weighted by Crippen LogP contribution is -2.32. The van der Waals surface area contributed by atoms with Crippen molar-refractivity contribution in [1.29, 1.82) is 0 Å². The van der Waals surface area contributed by atoms with Crippen LogP contribution in [0.15, 0.2) is 12.2 Å². The topological polar surface area (TPSA) is 57.6 Å². The SMILES string of the molecule is O=C(O)/C=C/C(=O)N1CCSSCC1. The summed E-state index contributed by atoms with van der Waals surface area (Å²) in [7, 11) is 3.49. The second-order valence-electron chi connectivity index (χ2n) is 2.64. The summed E-state index contributed by atoms with van der Waals surface area (Å²) in [5, 5.41) is 8.35. The molecule has 1 rings (SSSR count). The van der Waals surface area contributed by atoms with E-state index in [1.165, 1.54) is 0 Å². The predicted molar refractivity (Wildman–Crippen MR) is 58.3 cm³/mol. The monoisotopic (exact) mass is 233 g/mol. The first-order chi connectivity index (χ1) is 6.70. The van der Waals surface area contributed by atoms with E-state index in [1.807, 2.05) is 0 Å². The molecule has 1 N–H and O–H groups in total. The van der Waals surface area contributed by atoms with Crippen molar-refractivity contribution in [3.8, 4) is 0 Å². The first kappa shape index (κ1) is 11.5. The van der Waals surface area contributed by atoms with Crippen molar-refractivity contribution in [2.45, 2.75) is 0 Å². The van der Waals surface area contributed by atoms with Gasteiger partial charge in [-0.3, -0.25) is 4.79 Å². The fourth-order valence-corrected chi connectivity index (χ4v) is 2.97. The number of amides is 1. The number of hydrogen-bond acceptors (Lipinski definition) is 4. The molecule has 1 fully saturated rings. The van der Waals surface area contributed by atoms with Crippen molar-refractivity contribution in [2.75, 3.05) is 24.6 Å². The highest BCUT2D eigenvalue weighted by Gasteiger charge is 2.13. The van der Waals surface area contributed by atoms with Gasteiger partial charge in [0.15, 0.2) is 0 Å². The maximum atomic E-state index is 11.4. The van der Waals surface area contributed by atoms with Crippen LogP contribution >= 0.6 is 21.6 Å². The minimum Gasteiger partial charge on any atom is -0.478 e. The highest BCUT2D eigenvalue weighted by molar-refractivity contribution is 8.76.